The maximum absolute atomic E-state index is 13.0. The Morgan fingerprint density at radius 2 is 2.17 bits per heavy atom. The molecule has 1 saturated carbocycles. The van der Waals surface area contributed by atoms with Gasteiger partial charge in [-0.25, -0.2) is 4.98 Å². The number of carbonyl (C=O) groups is 1. The second kappa shape index (κ2) is 6.74. The summed E-state index contributed by atoms with van der Waals surface area (Å²) in [4.78, 5) is 19.0. The number of rotatable bonds is 2. The van der Waals surface area contributed by atoms with Crippen molar-refractivity contribution in [3.8, 4) is 0 Å². The zero-order chi connectivity index (χ0) is 17.3. The lowest BCUT2D eigenvalue weighted by molar-refractivity contribution is -0.187. The summed E-state index contributed by atoms with van der Waals surface area (Å²) in [5.41, 5.74) is 0. The molecule has 1 aliphatic heterocycles. The SMILES string of the molecule is Cn1ccnc1C1CNCCN1C(=O)C1CCCC(C(F)(F)F)C1. The molecule has 3 rings (SSSR count). The number of hydrogen-bond donors (Lipinski definition) is 1. The first-order chi connectivity index (χ1) is 11.4. The van der Waals surface area contributed by atoms with Crippen molar-refractivity contribution in [3.63, 3.8) is 0 Å². The monoisotopic (exact) mass is 344 g/mol. The second-order valence-electron chi connectivity index (χ2n) is 6.75. The standard InChI is InChI=1S/C16H23F3N4O/c1-22-7-6-21-14(22)13-10-20-5-8-23(13)15(24)11-3-2-4-12(9-11)16(17,18)19/h6-7,11-13,20H,2-5,8-10H2,1H3. The number of aromatic nitrogens is 2. The molecule has 3 atom stereocenters. The van der Waals surface area contributed by atoms with E-state index in [1.807, 2.05) is 17.8 Å². The number of halogens is 3. The quantitative estimate of drug-likeness (QED) is 0.895. The highest BCUT2D eigenvalue weighted by atomic mass is 19.4. The molecule has 0 spiro atoms. The third-order valence-corrected chi connectivity index (χ3v) is 5.17. The lowest BCUT2D eigenvalue weighted by Gasteiger charge is -2.39. The molecule has 24 heavy (non-hydrogen) atoms. The molecule has 1 amide bonds. The van der Waals surface area contributed by atoms with Gasteiger partial charge in [0.2, 0.25) is 5.91 Å². The van der Waals surface area contributed by atoms with E-state index in [2.05, 4.69) is 10.3 Å². The third-order valence-electron chi connectivity index (χ3n) is 5.17. The van der Waals surface area contributed by atoms with Crippen molar-refractivity contribution < 1.29 is 18.0 Å². The first-order valence-electron chi connectivity index (χ1n) is 8.43. The van der Waals surface area contributed by atoms with Crippen molar-refractivity contribution in [3.05, 3.63) is 18.2 Å². The zero-order valence-electron chi connectivity index (χ0n) is 13.7. The smallest absolute Gasteiger partial charge is 0.336 e. The Hall–Kier alpha value is -1.57. The lowest BCUT2D eigenvalue weighted by atomic mass is 9.80. The summed E-state index contributed by atoms with van der Waals surface area (Å²) in [7, 11) is 1.86. The van der Waals surface area contributed by atoms with Gasteiger partial charge in [0.15, 0.2) is 0 Å². The Balaban J connectivity index is 1.76. The molecule has 0 radical (unpaired) electrons. The van der Waals surface area contributed by atoms with Crippen molar-refractivity contribution >= 4 is 5.91 Å². The van der Waals surface area contributed by atoms with Gasteiger partial charge in [-0.15, -0.1) is 0 Å². The number of carbonyl (C=O) groups excluding carboxylic acids is 1. The molecule has 3 unspecified atom stereocenters. The highest BCUT2D eigenvalue weighted by Gasteiger charge is 2.45. The lowest BCUT2D eigenvalue weighted by Crippen LogP contribution is -2.51. The normalized spacial score (nSPS) is 28.8. The van der Waals surface area contributed by atoms with E-state index < -0.39 is 18.0 Å². The fraction of sp³-hybridized carbons (Fsp3) is 0.750. The number of imidazole rings is 1. The number of nitrogens with one attached hydrogen (secondary N) is 1. The second-order valence-corrected chi connectivity index (χ2v) is 6.75. The van der Waals surface area contributed by atoms with Gasteiger partial charge in [0.25, 0.3) is 0 Å². The fourth-order valence-corrected chi connectivity index (χ4v) is 3.84. The molecular formula is C16H23F3N4O. The van der Waals surface area contributed by atoms with E-state index in [0.717, 1.165) is 5.82 Å². The predicted molar refractivity (Wildman–Crippen MR) is 82.0 cm³/mol. The summed E-state index contributed by atoms with van der Waals surface area (Å²) in [5.74, 6) is -1.28. The first-order valence-corrected chi connectivity index (χ1v) is 8.43. The van der Waals surface area contributed by atoms with Gasteiger partial charge < -0.3 is 14.8 Å². The van der Waals surface area contributed by atoms with Gasteiger partial charge in [0.1, 0.15) is 11.9 Å². The van der Waals surface area contributed by atoms with Crippen LogP contribution in [0.2, 0.25) is 0 Å². The summed E-state index contributed by atoms with van der Waals surface area (Å²) in [6, 6.07) is -0.225. The van der Waals surface area contributed by atoms with Crippen LogP contribution in [0.15, 0.2) is 12.4 Å². The molecule has 1 aromatic heterocycles. The van der Waals surface area contributed by atoms with Crippen molar-refractivity contribution in [2.24, 2.45) is 18.9 Å². The minimum Gasteiger partial charge on any atom is -0.336 e. The van der Waals surface area contributed by atoms with Crippen LogP contribution in [0.5, 0.6) is 0 Å². The van der Waals surface area contributed by atoms with Crippen molar-refractivity contribution in [1.82, 2.24) is 19.8 Å². The van der Waals surface area contributed by atoms with Gasteiger partial charge in [-0.3, -0.25) is 4.79 Å². The van der Waals surface area contributed by atoms with Crippen LogP contribution in [-0.2, 0) is 11.8 Å². The predicted octanol–water partition coefficient (Wildman–Crippen LogP) is 2.26. The number of amides is 1. The Bertz CT molecular complexity index is 586. The molecule has 1 saturated heterocycles. The number of aryl methyl sites for hydroxylation is 1. The van der Waals surface area contributed by atoms with Crippen LogP contribution >= 0.6 is 0 Å². The van der Waals surface area contributed by atoms with E-state index in [9.17, 15) is 18.0 Å². The van der Waals surface area contributed by atoms with Crippen molar-refractivity contribution in [2.75, 3.05) is 19.6 Å². The number of alkyl halides is 3. The topological polar surface area (TPSA) is 50.2 Å². The zero-order valence-corrected chi connectivity index (χ0v) is 13.7. The van der Waals surface area contributed by atoms with Gasteiger partial charge in [-0.05, 0) is 19.3 Å². The average Bonchev–Trinajstić information content (AvgIpc) is 2.99. The highest BCUT2D eigenvalue weighted by molar-refractivity contribution is 5.79. The molecule has 1 N–H and O–H groups in total. The van der Waals surface area contributed by atoms with E-state index in [0.29, 0.717) is 32.5 Å². The van der Waals surface area contributed by atoms with E-state index in [-0.39, 0.29) is 24.8 Å². The van der Waals surface area contributed by atoms with Gasteiger partial charge in [-0.2, -0.15) is 13.2 Å². The molecule has 134 valence electrons. The van der Waals surface area contributed by atoms with Crippen LogP contribution < -0.4 is 5.32 Å². The van der Waals surface area contributed by atoms with Gasteiger partial charge in [0, 0.05) is 45.0 Å². The van der Waals surface area contributed by atoms with Crippen LogP contribution in [0.4, 0.5) is 13.2 Å². The molecule has 2 heterocycles. The molecule has 0 bridgehead atoms. The molecule has 2 fully saturated rings. The van der Waals surface area contributed by atoms with E-state index in [1.165, 1.54) is 0 Å². The molecule has 1 aromatic rings. The minimum absolute atomic E-state index is 0.0838. The maximum atomic E-state index is 13.0. The summed E-state index contributed by atoms with van der Waals surface area (Å²) in [6.07, 6.45) is 0.334. The molecule has 5 nitrogen and oxygen atoms in total. The summed E-state index contributed by atoms with van der Waals surface area (Å²) < 4.78 is 40.9. The first kappa shape index (κ1) is 17.3. The molecule has 8 heteroatoms. The summed E-state index contributed by atoms with van der Waals surface area (Å²) in [6.45, 7) is 1.73. The average molecular weight is 344 g/mol. The number of hydrogen-bond acceptors (Lipinski definition) is 3. The minimum atomic E-state index is -4.21. The van der Waals surface area contributed by atoms with Gasteiger partial charge in [-0.1, -0.05) is 6.42 Å². The maximum Gasteiger partial charge on any atom is 0.391 e. The van der Waals surface area contributed by atoms with E-state index in [1.54, 1.807) is 11.1 Å². The van der Waals surface area contributed by atoms with Crippen LogP contribution in [0.3, 0.4) is 0 Å². The highest BCUT2D eigenvalue weighted by Crippen LogP contribution is 2.41. The summed E-state index contributed by atoms with van der Waals surface area (Å²) >= 11 is 0. The molecule has 1 aliphatic carbocycles. The Kier molecular flexibility index (Phi) is 4.85. The molecule has 2 aliphatic rings. The van der Waals surface area contributed by atoms with Gasteiger partial charge >= 0.3 is 6.18 Å². The Labute approximate surface area is 139 Å². The molecular weight excluding hydrogens is 321 g/mol. The van der Waals surface area contributed by atoms with Crippen LogP contribution in [0.1, 0.15) is 37.5 Å². The van der Waals surface area contributed by atoms with Crippen LogP contribution in [0.25, 0.3) is 0 Å². The van der Waals surface area contributed by atoms with Crippen LogP contribution in [0, 0.1) is 11.8 Å². The summed E-state index contributed by atoms with van der Waals surface area (Å²) in [5, 5.41) is 3.24. The van der Waals surface area contributed by atoms with E-state index >= 15 is 0 Å². The third kappa shape index (κ3) is 3.43. The van der Waals surface area contributed by atoms with Gasteiger partial charge in [0.05, 0.1) is 5.92 Å². The largest absolute Gasteiger partial charge is 0.391 e. The molecule has 0 aromatic carbocycles. The Morgan fingerprint density at radius 3 is 2.83 bits per heavy atom. The van der Waals surface area contributed by atoms with E-state index in [4.69, 9.17) is 0 Å². The van der Waals surface area contributed by atoms with Crippen molar-refractivity contribution in [2.45, 2.75) is 37.9 Å². The number of piperazine rings is 1. The number of nitrogens with zero attached hydrogens (tertiary/aromatic N) is 3. The fourth-order valence-electron chi connectivity index (χ4n) is 3.84. The van der Waals surface area contributed by atoms with Crippen LogP contribution in [-0.4, -0.2) is 46.2 Å². The Morgan fingerprint density at radius 1 is 1.38 bits per heavy atom. The van der Waals surface area contributed by atoms with Crippen molar-refractivity contribution in [1.29, 1.82) is 0 Å².